The molecule has 1 aliphatic heterocycles. The van der Waals surface area contributed by atoms with Crippen LogP contribution in [0.5, 0.6) is 0 Å². The Morgan fingerprint density at radius 3 is 2.05 bits per heavy atom. The Balaban J connectivity index is 1.02. The zero-order valence-electron chi connectivity index (χ0n) is 36.3. The summed E-state index contributed by atoms with van der Waals surface area (Å²) in [4.78, 5) is 27.7. The molecule has 0 unspecified atom stereocenters. The van der Waals surface area contributed by atoms with E-state index in [0.29, 0.717) is 61.1 Å². The molecular formula is C46H76N2O7S. The predicted molar refractivity (Wildman–Crippen MR) is 218 cm³/mol. The summed E-state index contributed by atoms with van der Waals surface area (Å²) in [6.45, 7) is 22.7. The summed E-state index contributed by atoms with van der Waals surface area (Å²) >= 11 is 0. The number of nitrogens with one attached hydrogen (secondary N) is 1. The van der Waals surface area contributed by atoms with Crippen LogP contribution in [0.4, 0.5) is 0 Å². The van der Waals surface area contributed by atoms with Crippen molar-refractivity contribution < 1.29 is 33.0 Å². The van der Waals surface area contributed by atoms with E-state index in [0.717, 1.165) is 19.3 Å². The number of carboxylic acids is 1. The summed E-state index contributed by atoms with van der Waals surface area (Å²) < 4.78 is 31.0. The van der Waals surface area contributed by atoms with Gasteiger partial charge >= 0.3 is 11.9 Å². The van der Waals surface area contributed by atoms with Crippen LogP contribution >= 0.6 is 0 Å². The molecule has 0 bridgehead atoms. The fraction of sp³-hybridized carbons (Fsp3) is 0.957. The minimum Gasteiger partial charge on any atom is -0.481 e. The van der Waals surface area contributed by atoms with Gasteiger partial charge in [-0.1, -0.05) is 55.4 Å². The van der Waals surface area contributed by atoms with Gasteiger partial charge in [0.15, 0.2) is 9.84 Å². The second-order valence-corrected chi connectivity index (χ2v) is 25.6. The number of rotatable bonds is 9. The van der Waals surface area contributed by atoms with Crippen LogP contribution in [0.2, 0.25) is 0 Å². The van der Waals surface area contributed by atoms with Crippen LogP contribution < -0.4 is 5.32 Å². The fourth-order valence-corrected chi connectivity index (χ4v) is 17.6. The monoisotopic (exact) mass is 801 g/mol. The van der Waals surface area contributed by atoms with Crippen molar-refractivity contribution in [3.63, 3.8) is 0 Å². The highest BCUT2D eigenvalue weighted by atomic mass is 32.2. The van der Waals surface area contributed by atoms with Gasteiger partial charge in [-0.05, 0) is 147 Å². The second-order valence-electron chi connectivity index (χ2n) is 23.3. The van der Waals surface area contributed by atoms with Crippen LogP contribution in [0.25, 0.3) is 0 Å². The van der Waals surface area contributed by atoms with Gasteiger partial charge in [0.2, 0.25) is 0 Å². The van der Waals surface area contributed by atoms with E-state index in [1.165, 1.54) is 57.8 Å². The molecule has 318 valence electrons. The molecule has 3 N–H and O–H groups in total. The van der Waals surface area contributed by atoms with Crippen LogP contribution in [-0.2, 0) is 24.2 Å². The minimum absolute atomic E-state index is 0.0587. The summed E-state index contributed by atoms with van der Waals surface area (Å²) in [7, 11) is -2.99. The van der Waals surface area contributed by atoms with Gasteiger partial charge in [-0.2, -0.15) is 0 Å². The Labute approximate surface area is 338 Å². The number of ether oxygens (including phenoxy) is 1. The number of fused-ring (bicyclic) bond motifs is 7. The smallest absolute Gasteiger partial charge is 0.309 e. The van der Waals surface area contributed by atoms with Gasteiger partial charge < -0.3 is 20.3 Å². The third-order valence-electron chi connectivity index (χ3n) is 20.5. The number of esters is 1. The van der Waals surface area contributed by atoms with E-state index in [4.69, 9.17) is 4.74 Å². The van der Waals surface area contributed by atoms with Crippen molar-refractivity contribution in [2.45, 2.75) is 170 Å². The number of sulfone groups is 1. The van der Waals surface area contributed by atoms with Crippen molar-refractivity contribution in [3.8, 4) is 0 Å². The lowest BCUT2D eigenvalue weighted by molar-refractivity contribution is -0.250. The quantitative estimate of drug-likeness (QED) is 0.205. The zero-order chi connectivity index (χ0) is 40.6. The average Bonchev–Trinajstić information content (AvgIpc) is 3.72. The molecule has 7 saturated carbocycles. The summed E-state index contributed by atoms with van der Waals surface area (Å²) in [6.07, 6.45) is 14.1. The first-order chi connectivity index (χ1) is 26.0. The van der Waals surface area contributed by atoms with E-state index in [9.17, 15) is 28.2 Å². The van der Waals surface area contributed by atoms with Crippen molar-refractivity contribution in [3.05, 3.63) is 0 Å². The van der Waals surface area contributed by atoms with Crippen molar-refractivity contribution in [1.29, 1.82) is 0 Å². The number of aliphatic carboxylic acids is 1. The molecule has 0 radical (unpaired) electrons. The highest BCUT2D eigenvalue weighted by molar-refractivity contribution is 7.91. The molecule has 0 aromatic carbocycles. The van der Waals surface area contributed by atoms with Gasteiger partial charge in [0, 0.05) is 36.6 Å². The largest absolute Gasteiger partial charge is 0.481 e. The lowest BCUT2D eigenvalue weighted by Crippen LogP contribution is -2.69. The molecule has 8 fully saturated rings. The first kappa shape index (κ1) is 41.5. The number of carbonyl (C=O) groups excluding carboxylic acids is 1. The number of nitrogens with zero attached hydrogens (tertiary/aromatic N) is 1. The number of carboxylic acid groups (broad SMARTS) is 1. The normalized spacial score (nSPS) is 48.1. The molecular weight excluding hydrogens is 725 g/mol. The van der Waals surface area contributed by atoms with Gasteiger partial charge in [0.25, 0.3) is 0 Å². The van der Waals surface area contributed by atoms with Crippen molar-refractivity contribution in [2.75, 3.05) is 31.1 Å². The third kappa shape index (κ3) is 6.06. The van der Waals surface area contributed by atoms with Crippen LogP contribution in [0.1, 0.15) is 146 Å². The fourth-order valence-electron chi connectivity index (χ4n) is 16.4. The van der Waals surface area contributed by atoms with Gasteiger partial charge in [-0.25, -0.2) is 8.42 Å². The van der Waals surface area contributed by atoms with E-state index in [2.05, 4.69) is 51.8 Å². The SMILES string of the molecule is C[C@@H](O)[C@@H](CN[C@]12CC[C@@H](C3(C)CC3)[C@@H]1[C@H]1CC[C@@H]3[C@@]4(C)CC[C@H](OC(=O)[C@@H]5C[C@H](C(=O)O)C5(C)C)C(C)(C)[C@@H]4CC[C@@]3(C)[C@]1(C)CC2)N1CCS(=O)(=O)CC1. The molecule has 1 saturated heterocycles. The van der Waals surface area contributed by atoms with E-state index in [1.807, 2.05) is 20.8 Å². The number of aliphatic hydroxyl groups excluding tert-OH is 1. The highest BCUT2D eigenvalue weighted by Gasteiger charge is 2.72. The van der Waals surface area contributed by atoms with E-state index in [1.54, 1.807) is 0 Å². The first-order valence-corrected chi connectivity index (χ1v) is 24.6. The molecule has 14 atom stereocenters. The Kier molecular flexibility index (Phi) is 9.92. The Morgan fingerprint density at radius 1 is 0.768 bits per heavy atom. The molecule has 8 aliphatic rings. The molecule has 8 rings (SSSR count). The summed E-state index contributed by atoms with van der Waals surface area (Å²) in [6, 6.07) is -0.0903. The van der Waals surface area contributed by atoms with Crippen LogP contribution in [0.15, 0.2) is 0 Å². The second kappa shape index (κ2) is 13.4. The molecule has 10 heteroatoms. The van der Waals surface area contributed by atoms with Gasteiger partial charge in [-0.15, -0.1) is 0 Å². The van der Waals surface area contributed by atoms with Crippen LogP contribution in [0.3, 0.4) is 0 Å². The van der Waals surface area contributed by atoms with Gasteiger partial charge in [0.05, 0.1) is 29.4 Å². The lowest BCUT2D eigenvalue weighted by atomic mass is 9.32. The Morgan fingerprint density at radius 2 is 1.45 bits per heavy atom. The molecule has 0 aromatic rings. The zero-order valence-corrected chi connectivity index (χ0v) is 37.1. The van der Waals surface area contributed by atoms with Crippen molar-refractivity contribution in [2.24, 2.45) is 73.9 Å². The lowest BCUT2D eigenvalue weighted by Gasteiger charge is -2.73. The minimum atomic E-state index is -2.99. The summed E-state index contributed by atoms with van der Waals surface area (Å²) in [5.41, 5.74) is 0.343. The molecule has 1 heterocycles. The standard InChI is InChI=1S/C46H76N2O7S/c1-28(49)33(48-22-24-56(53,54)25-23-48)27-47-46-17-12-29(42(6)18-19-42)37(46)30-10-11-35-43(7)15-14-36(55-39(52)32-26-31(38(50)51)40(32,2)3)41(4,5)34(43)13-16-45(35,9)44(30,8)20-21-46/h28-37,47,49H,10-27H2,1-9H3,(H,50,51)/t28-,29-,30-,31-,32+,33-,34+,35-,36+,37-,43+,44-,45-,46+/m1/s1. The number of hydrogen-bond donors (Lipinski definition) is 3. The molecule has 7 aliphatic carbocycles. The van der Waals surface area contributed by atoms with Gasteiger partial charge in [-0.3, -0.25) is 14.5 Å². The van der Waals surface area contributed by atoms with E-state index in [-0.39, 0.29) is 62.7 Å². The van der Waals surface area contributed by atoms with Crippen LogP contribution in [-0.4, -0.2) is 90.4 Å². The Bertz CT molecular complexity index is 1680. The number of aliphatic hydroxyl groups is 1. The van der Waals surface area contributed by atoms with E-state index < -0.39 is 33.2 Å². The summed E-state index contributed by atoms with van der Waals surface area (Å²) in [5.74, 6) is 1.54. The highest BCUT2D eigenvalue weighted by Crippen LogP contribution is 2.78. The number of carbonyl (C=O) groups is 2. The molecule has 9 nitrogen and oxygen atoms in total. The first-order valence-electron chi connectivity index (χ1n) is 22.8. The van der Waals surface area contributed by atoms with Crippen molar-refractivity contribution >= 4 is 21.8 Å². The van der Waals surface area contributed by atoms with Crippen molar-refractivity contribution in [1.82, 2.24) is 10.2 Å². The van der Waals surface area contributed by atoms with Gasteiger partial charge in [0.1, 0.15) is 6.10 Å². The predicted octanol–water partition coefficient (Wildman–Crippen LogP) is 7.35. The maximum absolute atomic E-state index is 13.7. The maximum atomic E-state index is 13.7. The molecule has 56 heavy (non-hydrogen) atoms. The topological polar surface area (TPSA) is 133 Å². The molecule has 0 aromatic heterocycles. The summed E-state index contributed by atoms with van der Waals surface area (Å²) in [5, 5.41) is 25.0. The molecule has 0 amide bonds. The maximum Gasteiger partial charge on any atom is 0.309 e. The third-order valence-corrected chi connectivity index (χ3v) is 22.1. The number of hydrogen-bond acceptors (Lipinski definition) is 8. The van der Waals surface area contributed by atoms with Crippen LogP contribution in [0, 0.1) is 73.9 Å². The molecule has 0 spiro atoms. The van der Waals surface area contributed by atoms with E-state index >= 15 is 0 Å². The average molecular weight is 801 g/mol. The Hall–Kier alpha value is -1.23.